The topological polar surface area (TPSA) is 46.6 Å². The van der Waals surface area contributed by atoms with Crippen molar-refractivity contribution in [2.75, 3.05) is 0 Å². The number of esters is 1. The van der Waals surface area contributed by atoms with Crippen LogP contribution in [0.3, 0.4) is 0 Å². The van der Waals surface area contributed by atoms with Crippen molar-refractivity contribution >= 4 is 11.9 Å². The standard InChI is InChI=1S/C19H20NO3/c1-19(2,3)18(22)20-15(13-9-5-4-6-10-13)17(21)23-16(20)14-11-7-8-12-14/h4-12,15-16H,1-3H3/t15-,16-/m1/s1. The van der Waals surface area contributed by atoms with Gasteiger partial charge in [-0.1, -0.05) is 51.1 Å². The maximum absolute atomic E-state index is 13.0. The van der Waals surface area contributed by atoms with Gasteiger partial charge in [0.05, 0.1) is 0 Å². The van der Waals surface area contributed by atoms with Gasteiger partial charge < -0.3 is 4.74 Å². The highest BCUT2D eigenvalue weighted by atomic mass is 16.6. The second-order valence-electron chi connectivity index (χ2n) is 6.78. The summed E-state index contributed by atoms with van der Waals surface area (Å²) >= 11 is 0. The average molecular weight is 310 g/mol. The molecule has 4 nitrogen and oxygen atoms in total. The first kappa shape index (κ1) is 16.0. The van der Waals surface area contributed by atoms with Crippen LogP contribution in [0.5, 0.6) is 0 Å². The largest absolute Gasteiger partial charge is 0.439 e. The van der Waals surface area contributed by atoms with Gasteiger partial charge in [0.1, 0.15) is 0 Å². The number of nitrogens with zero attached hydrogens (tertiary/aromatic N) is 1. The molecule has 2 fully saturated rings. The molecule has 0 bridgehead atoms. The van der Waals surface area contributed by atoms with Gasteiger partial charge in [-0.25, -0.2) is 4.79 Å². The van der Waals surface area contributed by atoms with E-state index in [1.54, 1.807) is 4.90 Å². The maximum atomic E-state index is 13.0. The molecule has 2 aliphatic rings. The third-order valence-electron chi connectivity index (χ3n) is 3.95. The number of rotatable bonds is 2. The van der Waals surface area contributed by atoms with Crippen molar-refractivity contribution in [3.05, 3.63) is 67.5 Å². The van der Waals surface area contributed by atoms with Crippen LogP contribution in [0.2, 0.25) is 0 Å². The van der Waals surface area contributed by atoms with E-state index < -0.39 is 17.7 Å². The zero-order valence-electron chi connectivity index (χ0n) is 13.5. The van der Waals surface area contributed by atoms with Gasteiger partial charge in [0, 0.05) is 11.3 Å². The van der Waals surface area contributed by atoms with Gasteiger partial charge in [-0.15, -0.1) is 0 Å². The van der Waals surface area contributed by atoms with Crippen LogP contribution < -0.4 is 0 Å². The lowest BCUT2D eigenvalue weighted by atomic mass is 9.91. The fraction of sp³-hybridized carbons (Fsp3) is 0.316. The van der Waals surface area contributed by atoms with Crippen LogP contribution in [-0.4, -0.2) is 23.0 Å². The lowest BCUT2D eigenvalue weighted by Gasteiger charge is -2.34. The van der Waals surface area contributed by atoms with Crippen LogP contribution >= 0.6 is 0 Å². The summed E-state index contributed by atoms with van der Waals surface area (Å²) in [5.74, 6) is 0.317. The summed E-state index contributed by atoms with van der Waals surface area (Å²) in [6.07, 6.45) is 6.81. The van der Waals surface area contributed by atoms with E-state index >= 15 is 0 Å². The molecule has 1 saturated carbocycles. The van der Waals surface area contributed by atoms with Crippen molar-refractivity contribution < 1.29 is 14.3 Å². The Balaban J connectivity index is 1.99. The fourth-order valence-electron chi connectivity index (χ4n) is 2.81. The van der Waals surface area contributed by atoms with Crippen molar-refractivity contribution in [3.8, 4) is 0 Å². The van der Waals surface area contributed by atoms with Crippen LogP contribution in [0.4, 0.5) is 0 Å². The van der Waals surface area contributed by atoms with Gasteiger partial charge in [0.2, 0.25) is 5.91 Å². The molecule has 1 aliphatic carbocycles. The molecular weight excluding hydrogens is 290 g/mol. The maximum Gasteiger partial charge on any atom is 0.335 e. The number of benzene rings is 1. The minimum absolute atomic E-state index is 0.108. The highest BCUT2D eigenvalue weighted by molar-refractivity contribution is 5.91. The van der Waals surface area contributed by atoms with Gasteiger partial charge in [-0.2, -0.15) is 0 Å². The van der Waals surface area contributed by atoms with Crippen LogP contribution in [0.25, 0.3) is 0 Å². The second kappa shape index (κ2) is 5.99. The van der Waals surface area contributed by atoms with E-state index in [0.717, 1.165) is 11.5 Å². The van der Waals surface area contributed by atoms with E-state index in [1.165, 1.54) is 0 Å². The van der Waals surface area contributed by atoms with Gasteiger partial charge >= 0.3 is 5.97 Å². The molecule has 4 heteroatoms. The molecule has 2 atom stereocenters. The molecule has 0 aromatic heterocycles. The van der Waals surface area contributed by atoms with Crippen molar-refractivity contribution in [2.24, 2.45) is 5.41 Å². The molecule has 1 aromatic rings. The Labute approximate surface area is 137 Å². The zero-order valence-corrected chi connectivity index (χ0v) is 13.5. The lowest BCUT2D eigenvalue weighted by molar-refractivity contribution is -0.145. The van der Waals surface area contributed by atoms with Gasteiger partial charge in [-0.05, 0) is 31.2 Å². The SMILES string of the molecule is CC(C)(C)C(=O)N1[C@@H]([C]2[CH][CH][CH][CH]2)OC(=O)[C@H]1c1ccccc1. The predicted octanol–water partition coefficient (Wildman–Crippen LogP) is 2.89. The molecule has 23 heavy (non-hydrogen) atoms. The summed E-state index contributed by atoms with van der Waals surface area (Å²) in [5.41, 5.74) is 0.162. The molecule has 119 valence electrons. The zero-order chi connectivity index (χ0) is 16.6. The number of hydrogen-bond acceptors (Lipinski definition) is 3. The lowest BCUT2D eigenvalue weighted by Crippen LogP contribution is -2.46. The Morgan fingerprint density at radius 1 is 1.09 bits per heavy atom. The Hall–Kier alpha value is -1.84. The molecule has 1 amide bonds. The second-order valence-corrected chi connectivity index (χ2v) is 6.78. The normalized spacial score (nSPS) is 25.7. The third-order valence-corrected chi connectivity index (χ3v) is 3.95. The Morgan fingerprint density at radius 2 is 1.70 bits per heavy atom. The Bertz CT molecular complexity index is 584. The molecule has 0 spiro atoms. The average Bonchev–Trinajstić information content (AvgIpc) is 3.13. The first-order valence-electron chi connectivity index (χ1n) is 7.69. The number of hydrogen-bond donors (Lipinski definition) is 0. The van der Waals surface area contributed by atoms with E-state index in [0.29, 0.717) is 0 Å². The minimum Gasteiger partial charge on any atom is -0.439 e. The summed E-state index contributed by atoms with van der Waals surface area (Å²) < 4.78 is 5.57. The summed E-state index contributed by atoms with van der Waals surface area (Å²) in [6.45, 7) is 5.55. The minimum atomic E-state index is -0.706. The van der Waals surface area contributed by atoms with E-state index in [9.17, 15) is 9.59 Å². The van der Waals surface area contributed by atoms with Gasteiger partial charge in [-0.3, -0.25) is 9.69 Å². The van der Waals surface area contributed by atoms with E-state index in [2.05, 4.69) is 0 Å². The molecule has 1 saturated heterocycles. The van der Waals surface area contributed by atoms with Crippen LogP contribution in [-0.2, 0) is 14.3 Å². The highest BCUT2D eigenvalue weighted by Crippen LogP contribution is 2.42. The van der Waals surface area contributed by atoms with Crippen LogP contribution in [0.15, 0.2) is 30.3 Å². The number of cyclic esters (lactones) is 1. The Kier molecular flexibility index (Phi) is 4.17. The predicted molar refractivity (Wildman–Crippen MR) is 85.8 cm³/mol. The third kappa shape index (κ3) is 2.99. The van der Waals surface area contributed by atoms with Crippen molar-refractivity contribution in [1.82, 2.24) is 4.90 Å². The first-order chi connectivity index (χ1) is 10.9. The van der Waals surface area contributed by atoms with E-state index in [-0.39, 0.29) is 11.9 Å². The molecule has 0 N–H and O–H groups in total. The molecule has 0 unspecified atom stereocenters. The quantitative estimate of drug-likeness (QED) is 0.789. The highest BCUT2D eigenvalue weighted by Gasteiger charge is 2.51. The molecule has 5 radical (unpaired) electrons. The monoisotopic (exact) mass is 310 g/mol. The van der Waals surface area contributed by atoms with Gasteiger partial charge in [0.15, 0.2) is 12.3 Å². The summed E-state index contributed by atoms with van der Waals surface area (Å²) in [5, 5.41) is 0. The van der Waals surface area contributed by atoms with E-state index in [4.69, 9.17) is 4.74 Å². The van der Waals surface area contributed by atoms with Crippen LogP contribution in [0, 0.1) is 37.0 Å². The molecule has 1 heterocycles. The Morgan fingerprint density at radius 3 is 2.26 bits per heavy atom. The fourth-order valence-corrected chi connectivity index (χ4v) is 2.81. The summed E-state index contributed by atoms with van der Waals surface area (Å²) in [4.78, 5) is 27.1. The number of carbonyl (C=O) groups is 2. The smallest absolute Gasteiger partial charge is 0.335 e. The van der Waals surface area contributed by atoms with Crippen LogP contribution in [0.1, 0.15) is 32.4 Å². The number of ether oxygens (including phenoxy) is 1. The summed E-state index contributed by atoms with van der Waals surface area (Å²) in [7, 11) is 0. The van der Waals surface area contributed by atoms with Crippen molar-refractivity contribution in [2.45, 2.75) is 33.0 Å². The first-order valence-corrected chi connectivity index (χ1v) is 7.69. The molecule has 1 aliphatic heterocycles. The molecular formula is C19H20NO3. The number of amides is 1. The van der Waals surface area contributed by atoms with Crippen molar-refractivity contribution in [1.29, 1.82) is 0 Å². The van der Waals surface area contributed by atoms with Gasteiger partial charge in [0.25, 0.3) is 0 Å². The number of carbonyl (C=O) groups excluding carboxylic acids is 2. The molecule has 1 aromatic carbocycles. The summed E-state index contributed by atoms with van der Waals surface area (Å²) in [6, 6.07) is 8.60. The molecule has 3 rings (SSSR count). The van der Waals surface area contributed by atoms with Crippen molar-refractivity contribution in [3.63, 3.8) is 0 Å². The van der Waals surface area contributed by atoms with E-state index in [1.807, 2.05) is 76.8 Å².